The van der Waals surface area contributed by atoms with Gasteiger partial charge in [0.15, 0.2) is 5.65 Å². The number of phenols is 1. The van der Waals surface area contributed by atoms with Crippen LogP contribution < -0.4 is 0 Å². The summed E-state index contributed by atoms with van der Waals surface area (Å²) in [6.45, 7) is 4.90. The van der Waals surface area contributed by atoms with Gasteiger partial charge < -0.3 is 9.67 Å². The van der Waals surface area contributed by atoms with E-state index in [-0.39, 0.29) is 0 Å². The first-order valence-electron chi connectivity index (χ1n) is 6.82. The van der Waals surface area contributed by atoms with Crippen LogP contribution in [0.15, 0.2) is 36.5 Å². The number of nitrogens with zero attached hydrogens (tertiary/aromatic N) is 3. The molecule has 20 heavy (non-hydrogen) atoms. The second kappa shape index (κ2) is 4.96. The van der Waals surface area contributed by atoms with E-state index in [9.17, 15) is 5.11 Å². The zero-order valence-corrected chi connectivity index (χ0v) is 11.7. The molecule has 0 atom stereocenters. The van der Waals surface area contributed by atoms with E-state index in [2.05, 4.69) is 16.5 Å². The summed E-state index contributed by atoms with van der Waals surface area (Å²) in [5.41, 5.74) is 3.59. The Kier molecular flexibility index (Phi) is 3.14. The van der Waals surface area contributed by atoms with Gasteiger partial charge in [-0.15, -0.1) is 0 Å². The van der Waals surface area contributed by atoms with Crippen LogP contribution >= 0.6 is 0 Å². The SMILES string of the molecule is CCCn1c(-c2cccc(O)c2C)nc2cccnc21. The summed E-state index contributed by atoms with van der Waals surface area (Å²) in [5, 5.41) is 9.90. The van der Waals surface area contributed by atoms with Gasteiger partial charge in [0, 0.05) is 23.9 Å². The standard InChI is InChI=1S/C16H17N3O/c1-3-10-19-15(12-6-4-8-14(20)11(12)2)18-13-7-5-9-17-16(13)19/h4-9,20H,3,10H2,1-2H3. The Balaban J connectivity index is 2.29. The summed E-state index contributed by atoms with van der Waals surface area (Å²) in [6.07, 6.45) is 2.79. The van der Waals surface area contributed by atoms with Gasteiger partial charge >= 0.3 is 0 Å². The summed E-state index contributed by atoms with van der Waals surface area (Å²) in [7, 11) is 0. The maximum absolute atomic E-state index is 9.90. The van der Waals surface area contributed by atoms with Gasteiger partial charge in [-0.1, -0.05) is 19.1 Å². The van der Waals surface area contributed by atoms with Crippen molar-refractivity contribution in [2.75, 3.05) is 0 Å². The van der Waals surface area contributed by atoms with Crippen molar-refractivity contribution in [3.8, 4) is 17.1 Å². The number of imidazole rings is 1. The molecule has 0 aliphatic rings. The molecule has 0 amide bonds. The van der Waals surface area contributed by atoms with Crippen molar-refractivity contribution in [1.82, 2.24) is 14.5 Å². The van der Waals surface area contributed by atoms with Gasteiger partial charge in [-0.2, -0.15) is 0 Å². The lowest BCUT2D eigenvalue weighted by atomic mass is 10.1. The third-order valence-corrected chi connectivity index (χ3v) is 3.50. The van der Waals surface area contributed by atoms with Gasteiger partial charge in [0.1, 0.15) is 17.1 Å². The molecule has 0 saturated heterocycles. The Hall–Kier alpha value is -2.36. The second-order valence-corrected chi connectivity index (χ2v) is 4.88. The predicted octanol–water partition coefficient (Wildman–Crippen LogP) is 3.52. The number of hydrogen-bond acceptors (Lipinski definition) is 3. The van der Waals surface area contributed by atoms with Gasteiger partial charge in [0.2, 0.25) is 0 Å². The van der Waals surface area contributed by atoms with E-state index in [4.69, 9.17) is 4.98 Å². The van der Waals surface area contributed by atoms with Crippen LogP contribution in [0.3, 0.4) is 0 Å². The fraction of sp³-hybridized carbons (Fsp3) is 0.250. The van der Waals surface area contributed by atoms with Crippen molar-refractivity contribution in [3.63, 3.8) is 0 Å². The summed E-state index contributed by atoms with van der Waals surface area (Å²) in [6, 6.07) is 9.40. The van der Waals surface area contributed by atoms with Crippen LogP contribution in [-0.2, 0) is 6.54 Å². The molecule has 4 heteroatoms. The first kappa shape index (κ1) is 12.7. The summed E-state index contributed by atoms with van der Waals surface area (Å²) >= 11 is 0. The highest BCUT2D eigenvalue weighted by atomic mass is 16.3. The predicted molar refractivity (Wildman–Crippen MR) is 79.7 cm³/mol. The number of aromatic hydroxyl groups is 1. The molecule has 2 aromatic heterocycles. The van der Waals surface area contributed by atoms with E-state index >= 15 is 0 Å². The van der Waals surface area contributed by atoms with Gasteiger partial charge in [0.25, 0.3) is 0 Å². The topological polar surface area (TPSA) is 50.9 Å². The van der Waals surface area contributed by atoms with Gasteiger partial charge in [-0.05, 0) is 31.5 Å². The molecule has 4 nitrogen and oxygen atoms in total. The maximum Gasteiger partial charge on any atom is 0.160 e. The summed E-state index contributed by atoms with van der Waals surface area (Å²) < 4.78 is 2.12. The van der Waals surface area contributed by atoms with Crippen LogP contribution in [0.25, 0.3) is 22.6 Å². The molecule has 0 spiro atoms. The fourth-order valence-electron chi connectivity index (χ4n) is 2.47. The van der Waals surface area contributed by atoms with E-state index in [1.165, 1.54) is 0 Å². The van der Waals surface area contributed by atoms with E-state index in [1.54, 1.807) is 12.3 Å². The Morgan fingerprint density at radius 3 is 2.85 bits per heavy atom. The highest BCUT2D eigenvalue weighted by Crippen LogP contribution is 2.30. The lowest BCUT2D eigenvalue weighted by Crippen LogP contribution is -2.01. The molecule has 1 N–H and O–H groups in total. The van der Waals surface area contributed by atoms with Crippen molar-refractivity contribution in [2.24, 2.45) is 0 Å². The molecule has 0 aliphatic carbocycles. The Morgan fingerprint density at radius 1 is 1.20 bits per heavy atom. The summed E-state index contributed by atoms with van der Waals surface area (Å²) in [4.78, 5) is 9.13. The van der Waals surface area contributed by atoms with Crippen molar-refractivity contribution in [2.45, 2.75) is 26.8 Å². The number of rotatable bonds is 3. The minimum Gasteiger partial charge on any atom is -0.508 e. The van der Waals surface area contributed by atoms with E-state index < -0.39 is 0 Å². The number of aryl methyl sites for hydroxylation is 1. The number of phenolic OH excluding ortho intramolecular Hbond substituents is 1. The molecule has 0 unspecified atom stereocenters. The van der Waals surface area contributed by atoms with E-state index in [0.29, 0.717) is 5.75 Å². The number of aromatic nitrogens is 3. The molecule has 2 heterocycles. The molecule has 102 valence electrons. The Bertz CT molecular complexity index is 762. The zero-order valence-electron chi connectivity index (χ0n) is 11.7. The zero-order chi connectivity index (χ0) is 14.1. The normalized spacial score (nSPS) is 11.1. The average molecular weight is 267 g/mol. The van der Waals surface area contributed by atoms with Gasteiger partial charge in [-0.25, -0.2) is 9.97 Å². The van der Waals surface area contributed by atoms with Crippen molar-refractivity contribution in [3.05, 3.63) is 42.1 Å². The highest BCUT2D eigenvalue weighted by Gasteiger charge is 2.15. The van der Waals surface area contributed by atoms with E-state index in [1.807, 2.05) is 31.2 Å². The fourth-order valence-corrected chi connectivity index (χ4v) is 2.47. The first-order valence-corrected chi connectivity index (χ1v) is 6.82. The third kappa shape index (κ3) is 1.93. The molecule has 0 aliphatic heterocycles. The number of fused-ring (bicyclic) bond motifs is 1. The minimum absolute atomic E-state index is 0.297. The van der Waals surface area contributed by atoms with Crippen LogP contribution in [0, 0.1) is 6.92 Å². The summed E-state index contributed by atoms with van der Waals surface area (Å²) in [5.74, 6) is 1.17. The first-order chi connectivity index (χ1) is 9.72. The Labute approximate surface area is 117 Å². The maximum atomic E-state index is 9.90. The van der Waals surface area contributed by atoms with Gasteiger partial charge in [0.05, 0.1) is 0 Å². The molecule has 0 radical (unpaired) electrons. The quantitative estimate of drug-likeness (QED) is 0.790. The molecule has 1 aromatic carbocycles. The molecule has 0 saturated carbocycles. The van der Waals surface area contributed by atoms with Gasteiger partial charge in [-0.3, -0.25) is 0 Å². The molecular weight excluding hydrogens is 250 g/mol. The van der Waals surface area contributed by atoms with Crippen molar-refractivity contribution >= 4 is 11.2 Å². The lowest BCUT2D eigenvalue weighted by Gasteiger charge is -2.10. The average Bonchev–Trinajstić information content (AvgIpc) is 2.81. The molecule has 3 aromatic rings. The van der Waals surface area contributed by atoms with Crippen molar-refractivity contribution < 1.29 is 5.11 Å². The number of pyridine rings is 1. The smallest absolute Gasteiger partial charge is 0.160 e. The highest BCUT2D eigenvalue weighted by molar-refractivity contribution is 5.78. The molecule has 3 rings (SSSR count). The monoisotopic (exact) mass is 267 g/mol. The largest absolute Gasteiger partial charge is 0.508 e. The lowest BCUT2D eigenvalue weighted by molar-refractivity contribution is 0.471. The molecule has 0 fully saturated rings. The van der Waals surface area contributed by atoms with Crippen LogP contribution in [-0.4, -0.2) is 19.6 Å². The number of benzene rings is 1. The van der Waals surface area contributed by atoms with Crippen LogP contribution in [0.2, 0.25) is 0 Å². The minimum atomic E-state index is 0.297. The molecule has 0 bridgehead atoms. The Morgan fingerprint density at radius 2 is 2.05 bits per heavy atom. The second-order valence-electron chi connectivity index (χ2n) is 4.88. The van der Waals surface area contributed by atoms with Crippen LogP contribution in [0.5, 0.6) is 5.75 Å². The van der Waals surface area contributed by atoms with Crippen LogP contribution in [0.4, 0.5) is 0 Å². The van der Waals surface area contributed by atoms with E-state index in [0.717, 1.165) is 41.1 Å². The van der Waals surface area contributed by atoms with Crippen LogP contribution in [0.1, 0.15) is 18.9 Å². The van der Waals surface area contributed by atoms with Crippen molar-refractivity contribution in [1.29, 1.82) is 0 Å². The number of hydrogen-bond donors (Lipinski definition) is 1. The third-order valence-electron chi connectivity index (χ3n) is 3.50. The molecular formula is C16H17N3O.